The Balaban J connectivity index is 2.27. The number of ether oxygens (including phenoxy) is 2. The van der Waals surface area contributed by atoms with Gasteiger partial charge in [0.2, 0.25) is 0 Å². The van der Waals surface area contributed by atoms with Crippen LogP contribution in [0.2, 0.25) is 0 Å². The van der Waals surface area contributed by atoms with E-state index in [0.717, 1.165) is 12.2 Å². The van der Waals surface area contributed by atoms with Crippen molar-refractivity contribution in [3.63, 3.8) is 0 Å². The summed E-state index contributed by atoms with van der Waals surface area (Å²) in [5.74, 6) is 0. The molecule has 4 nitrogen and oxygen atoms in total. The lowest BCUT2D eigenvalue weighted by molar-refractivity contribution is -0.133. The molecule has 0 aliphatic heterocycles. The molecule has 4 heteroatoms. The molecular formula is C13H22N2O2. The van der Waals surface area contributed by atoms with E-state index >= 15 is 0 Å². The van der Waals surface area contributed by atoms with E-state index in [1.807, 2.05) is 33.0 Å². The Bertz CT molecular complexity index is 295. The van der Waals surface area contributed by atoms with E-state index in [1.165, 1.54) is 5.56 Å². The van der Waals surface area contributed by atoms with Crippen LogP contribution < -0.4 is 5.32 Å². The van der Waals surface area contributed by atoms with Gasteiger partial charge in [0.1, 0.15) is 0 Å². The van der Waals surface area contributed by atoms with Crippen molar-refractivity contribution < 1.29 is 9.47 Å². The van der Waals surface area contributed by atoms with Crippen molar-refractivity contribution in [2.45, 2.75) is 33.6 Å². The van der Waals surface area contributed by atoms with Gasteiger partial charge in [0.05, 0.1) is 5.69 Å². The van der Waals surface area contributed by atoms with Crippen molar-refractivity contribution in [2.24, 2.45) is 0 Å². The number of aryl methyl sites for hydroxylation is 1. The largest absolute Gasteiger partial charge is 0.352 e. The Morgan fingerprint density at radius 2 is 1.94 bits per heavy atom. The molecule has 0 atom stereocenters. The molecule has 0 saturated carbocycles. The monoisotopic (exact) mass is 238 g/mol. The SMILES string of the molecule is CCOC(CNCc1ccc(C)cn1)OCC. The lowest BCUT2D eigenvalue weighted by Gasteiger charge is -2.17. The Hall–Kier alpha value is -0.970. The molecule has 0 aliphatic carbocycles. The molecular weight excluding hydrogens is 216 g/mol. The number of pyridine rings is 1. The van der Waals surface area contributed by atoms with Gasteiger partial charge in [0.15, 0.2) is 6.29 Å². The van der Waals surface area contributed by atoms with Crippen molar-refractivity contribution in [3.05, 3.63) is 29.6 Å². The van der Waals surface area contributed by atoms with Crippen LogP contribution in [0.15, 0.2) is 18.3 Å². The molecule has 1 heterocycles. The van der Waals surface area contributed by atoms with E-state index in [4.69, 9.17) is 9.47 Å². The minimum Gasteiger partial charge on any atom is -0.352 e. The lowest BCUT2D eigenvalue weighted by atomic mass is 10.3. The molecule has 0 amide bonds. The third-order valence-electron chi connectivity index (χ3n) is 2.29. The summed E-state index contributed by atoms with van der Waals surface area (Å²) in [4.78, 5) is 4.32. The molecule has 1 aromatic rings. The first kappa shape index (κ1) is 14.1. The minimum atomic E-state index is -0.171. The Kier molecular flexibility index (Phi) is 6.77. The third-order valence-corrected chi connectivity index (χ3v) is 2.29. The van der Waals surface area contributed by atoms with Gasteiger partial charge in [-0.25, -0.2) is 0 Å². The number of hydrogen-bond donors (Lipinski definition) is 1. The summed E-state index contributed by atoms with van der Waals surface area (Å²) in [5.41, 5.74) is 2.21. The van der Waals surface area contributed by atoms with Crippen LogP contribution in [0, 0.1) is 6.92 Å². The van der Waals surface area contributed by atoms with Gasteiger partial charge in [-0.1, -0.05) is 6.07 Å². The quantitative estimate of drug-likeness (QED) is 0.702. The highest BCUT2D eigenvalue weighted by atomic mass is 16.7. The molecule has 0 aromatic carbocycles. The second-order valence-corrected chi connectivity index (χ2v) is 3.80. The van der Waals surface area contributed by atoms with Crippen molar-refractivity contribution in [1.82, 2.24) is 10.3 Å². The van der Waals surface area contributed by atoms with E-state index in [2.05, 4.69) is 16.4 Å². The number of nitrogens with zero attached hydrogens (tertiary/aromatic N) is 1. The van der Waals surface area contributed by atoms with Crippen LogP contribution in [0.25, 0.3) is 0 Å². The number of aromatic nitrogens is 1. The highest BCUT2D eigenvalue weighted by molar-refractivity contribution is 5.11. The average molecular weight is 238 g/mol. The predicted molar refractivity (Wildman–Crippen MR) is 67.7 cm³/mol. The Morgan fingerprint density at radius 1 is 1.24 bits per heavy atom. The molecule has 1 rings (SSSR count). The van der Waals surface area contributed by atoms with Gasteiger partial charge in [-0.3, -0.25) is 4.98 Å². The summed E-state index contributed by atoms with van der Waals surface area (Å²) < 4.78 is 10.9. The molecule has 0 saturated heterocycles. The van der Waals surface area contributed by atoms with E-state index in [1.54, 1.807) is 0 Å². The topological polar surface area (TPSA) is 43.4 Å². The summed E-state index contributed by atoms with van der Waals surface area (Å²) in [6.45, 7) is 8.70. The number of hydrogen-bond acceptors (Lipinski definition) is 4. The first-order chi connectivity index (χ1) is 8.26. The first-order valence-corrected chi connectivity index (χ1v) is 6.11. The van der Waals surface area contributed by atoms with E-state index < -0.39 is 0 Å². The summed E-state index contributed by atoms with van der Waals surface area (Å²) in [6, 6.07) is 4.09. The van der Waals surface area contributed by atoms with Gasteiger partial charge in [-0.15, -0.1) is 0 Å². The van der Waals surface area contributed by atoms with Crippen molar-refractivity contribution in [2.75, 3.05) is 19.8 Å². The first-order valence-electron chi connectivity index (χ1n) is 6.11. The van der Waals surface area contributed by atoms with Gasteiger partial charge in [0, 0.05) is 32.5 Å². The molecule has 0 spiro atoms. The van der Waals surface area contributed by atoms with Gasteiger partial charge in [-0.05, 0) is 32.4 Å². The standard InChI is InChI=1S/C13H22N2O2/c1-4-16-13(17-5-2)10-14-9-12-7-6-11(3)8-15-12/h6-8,13-14H,4-5,9-10H2,1-3H3. The summed E-state index contributed by atoms with van der Waals surface area (Å²) >= 11 is 0. The molecule has 1 N–H and O–H groups in total. The van der Waals surface area contributed by atoms with Crippen LogP contribution in [0.4, 0.5) is 0 Å². The average Bonchev–Trinajstić information content (AvgIpc) is 2.32. The zero-order valence-electron chi connectivity index (χ0n) is 10.9. The Morgan fingerprint density at radius 3 is 2.47 bits per heavy atom. The van der Waals surface area contributed by atoms with E-state index in [9.17, 15) is 0 Å². The van der Waals surface area contributed by atoms with Gasteiger partial charge in [-0.2, -0.15) is 0 Å². The second kappa shape index (κ2) is 8.17. The maximum atomic E-state index is 5.43. The molecule has 17 heavy (non-hydrogen) atoms. The van der Waals surface area contributed by atoms with E-state index in [-0.39, 0.29) is 6.29 Å². The fraction of sp³-hybridized carbons (Fsp3) is 0.615. The highest BCUT2D eigenvalue weighted by Gasteiger charge is 2.06. The van der Waals surface area contributed by atoms with Crippen molar-refractivity contribution in [1.29, 1.82) is 0 Å². The second-order valence-electron chi connectivity index (χ2n) is 3.80. The molecule has 96 valence electrons. The fourth-order valence-electron chi connectivity index (χ4n) is 1.46. The summed E-state index contributed by atoms with van der Waals surface area (Å²) in [5, 5.41) is 3.28. The maximum absolute atomic E-state index is 5.43. The van der Waals surface area contributed by atoms with Crippen LogP contribution in [-0.4, -0.2) is 31.0 Å². The third kappa shape index (κ3) is 5.77. The molecule has 0 fully saturated rings. The zero-order valence-corrected chi connectivity index (χ0v) is 10.9. The van der Waals surface area contributed by atoms with Crippen molar-refractivity contribution >= 4 is 0 Å². The van der Waals surface area contributed by atoms with E-state index in [0.29, 0.717) is 19.8 Å². The summed E-state index contributed by atoms with van der Waals surface area (Å²) in [6.07, 6.45) is 1.70. The smallest absolute Gasteiger partial charge is 0.169 e. The van der Waals surface area contributed by atoms with Crippen LogP contribution in [0.5, 0.6) is 0 Å². The highest BCUT2D eigenvalue weighted by Crippen LogP contribution is 1.99. The minimum absolute atomic E-state index is 0.171. The van der Waals surface area contributed by atoms with Crippen LogP contribution in [0.3, 0.4) is 0 Å². The number of rotatable bonds is 8. The van der Waals surface area contributed by atoms with Gasteiger partial charge < -0.3 is 14.8 Å². The molecule has 0 unspecified atom stereocenters. The normalized spacial score (nSPS) is 11.1. The molecule has 0 aliphatic rings. The van der Waals surface area contributed by atoms with Gasteiger partial charge >= 0.3 is 0 Å². The number of nitrogens with one attached hydrogen (secondary N) is 1. The van der Waals surface area contributed by atoms with Crippen LogP contribution in [0.1, 0.15) is 25.1 Å². The lowest BCUT2D eigenvalue weighted by Crippen LogP contribution is -2.31. The van der Waals surface area contributed by atoms with Gasteiger partial charge in [0.25, 0.3) is 0 Å². The zero-order chi connectivity index (χ0) is 12.5. The Labute approximate surface area is 103 Å². The molecule has 1 aromatic heterocycles. The predicted octanol–water partition coefficient (Wildman–Crippen LogP) is 1.88. The van der Waals surface area contributed by atoms with Crippen LogP contribution >= 0.6 is 0 Å². The summed E-state index contributed by atoms with van der Waals surface area (Å²) in [7, 11) is 0. The van der Waals surface area contributed by atoms with Crippen molar-refractivity contribution in [3.8, 4) is 0 Å². The maximum Gasteiger partial charge on any atom is 0.169 e. The molecule has 0 radical (unpaired) electrons. The fourth-order valence-corrected chi connectivity index (χ4v) is 1.46. The van der Waals surface area contributed by atoms with Crippen LogP contribution in [-0.2, 0) is 16.0 Å². The molecule has 0 bridgehead atoms.